The molecular formula is C14H21N3O2. The highest BCUT2D eigenvalue weighted by Crippen LogP contribution is 2.30. The van der Waals surface area contributed by atoms with E-state index in [0.29, 0.717) is 12.0 Å². The van der Waals surface area contributed by atoms with Crippen molar-refractivity contribution >= 4 is 5.91 Å². The van der Waals surface area contributed by atoms with Crippen LogP contribution in [0.1, 0.15) is 35.3 Å². The molecule has 0 aromatic carbocycles. The van der Waals surface area contributed by atoms with Crippen LogP contribution in [0.15, 0.2) is 6.20 Å². The van der Waals surface area contributed by atoms with Gasteiger partial charge in [-0.1, -0.05) is 0 Å². The molecule has 2 aliphatic rings. The van der Waals surface area contributed by atoms with Crippen molar-refractivity contribution in [2.75, 3.05) is 19.8 Å². The van der Waals surface area contributed by atoms with Crippen LogP contribution in [0, 0.1) is 12.8 Å². The quantitative estimate of drug-likeness (QED) is 0.824. The van der Waals surface area contributed by atoms with E-state index in [2.05, 4.69) is 5.10 Å². The van der Waals surface area contributed by atoms with Crippen molar-refractivity contribution in [2.45, 2.75) is 32.2 Å². The van der Waals surface area contributed by atoms with E-state index < -0.39 is 0 Å². The van der Waals surface area contributed by atoms with Gasteiger partial charge in [0.05, 0.1) is 18.4 Å². The van der Waals surface area contributed by atoms with Gasteiger partial charge in [-0.2, -0.15) is 5.10 Å². The van der Waals surface area contributed by atoms with Gasteiger partial charge >= 0.3 is 0 Å². The SMILES string of the molecule is Cc1c(C(=O)N(C[C@H]2CCOC2)C2CC2)cnn1C. The Bertz CT molecular complexity index is 473. The maximum Gasteiger partial charge on any atom is 0.257 e. The Kier molecular flexibility index (Phi) is 3.31. The largest absolute Gasteiger partial charge is 0.381 e. The molecule has 1 aromatic rings. The molecule has 2 fully saturated rings. The molecule has 0 radical (unpaired) electrons. The van der Waals surface area contributed by atoms with E-state index in [9.17, 15) is 4.79 Å². The molecule has 3 rings (SSSR count). The summed E-state index contributed by atoms with van der Waals surface area (Å²) in [4.78, 5) is 14.7. The summed E-state index contributed by atoms with van der Waals surface area (Å²) >= 11 is 0. The summed E-state index contributed by atoms with van der Waals surface area (Å²) in [7, 11) is 1.87. The number of carbonyl (C=O) groups is 1. The van der Waals surface area contributed by atoms with Gasteiger partial charge in [-0.3, -0.25) is 9.48 Å². The molecule has 19 heavy (non-hydrogen) atoms. The fraction of sp³-hybridized carbons (Fsp3) is 0.714. The lowest BCUT2D eigenvalue weighted by atomic mass is 10.1. The van der Waals surface area contributed by atoms with Gasteiger partial charge in [-0.05, 0) is 26.2 Å². The maximum atomic E-state index is 12.7. The van der Waals surface area contributed by atoms with Crippen molar-refractivity contribution in [3.63, 3.8) is 0 Å². The Balaban J connectivity index is 1.75. The minimum absolute atomic E-state index is 0.139. The Labute approximate surface area is 113 Å². The molecule has 0 N–H and O–H groups in total. The molecule has 5 nitrogen and oxygen atoms in total. The van der Waals surface area contributed by atoms with Crippen molar-refractivity contribution in [3.8, 4) is 0 Å². The lowest BCUT2D eigenvalue weighted by Crippen LogP contribution is -2.37. The molecule has 0 bridgehead atoms. The van der Waals surface area contributed by atoms with Gasteiger partial charge in [0.2, 0.25) is 0 Å². The summed E-state index contributed by atoms with van der Waals surface area (Å²) in [6.07, 6.45) is 5.04. The normalized spacial score (nSPS) is 22.7. The van der Waals surface area contributed by atoms with Gasteiger partial charge in [-0.15, -0.1) is 0 Å². The van der Waals surface area contributed by atoms with Gasteiger partial charge in [0.25, 0.3) is 5.91 Å². The molecule has 1 saturated carbocycles. The first kappa shape index (κ1) is 12.7. The number of ether oxygens (including phenoxy) is 1. The second-order valence-corrected chi connectivity index (χ2v) is 5.69. The Hall–Kier alpha value is -1.36. The van der Waals surface area contributed by atoms with Gasteiger partial charge in [0, 0.05) is 37.9 Å². The molecule has 1 aliphatic carbocycles. The summed E-state index contributed by atoms with van der Waals surface area (Å²) in [5.41, 5.74) is 1.69. The number of aromatic nitrogens is 2. The molecule has 1 amide bonds. The van der Waals surface area contributed by atoms with Crippen LogP contribution in [-0.4, -0.2) is 46.4 Å². The smallest absolute Gasteiger partial charge is 0.257 e. The first-order valence-corrected chi connectivity index (χ1v) is 7.04. The average Bonchev–Trinajstić information content (AvgIpc) is 3.01. The van der Waals surface area contributed by atoms with Crippen LogP contribution in [-0.2, 0) is 11.8 Å². The van der Waals surface area contributed by atoms with E-state index in [1.54, 1.807) is 10.9 Å². The van der Waals surface area contributed by atoms with Crippen LogP contribution >= 0.6 is 0 Å². The summed E-state index contributed by atoms with van der Waals surface area (Å²) < 4.78 is 7.18. The second-order valence-electron chi connectivity index (χ2n) is 5.69. The highest BCUT2D eigenvalue weighted by Gasteiger charge is 2.36. The van der Waals surface area contributed by atoms with Crippen LogP contribution in [0.3, 0.4) is 0 Å². The van der Waals surface area contributed by atoms with E-state index in [4.69, 9.17) is 4.74 Å². The van der Waals surface area contributed by atoms with Gasteiger partial charge in [-0.25, -0.2) is 0 Å². The Morgan fingerprint density at radius 3 is 2.84 bits per heavy atom. The van der Waals surface area contributed by atoms with Crippen molar-refractivity contribution < 1.29 is 9.53 Å². The molecule has 1 aliphatic heterocycles. The third-order valence-corrected chi connectivity index (χ3v) is 4.19. The lowest BCUT2D eigenvalue weighted by molar-refractivity contribution is 0.0705. The maximum absolute atomic E-state index is 12.7. The monoisotopic (exact) mass is 263 g/mol. The Morgan fingerprint density at radius 2 is 2.32 bits per heavy atom. The minimum atomic E-state index is 0.139. The standard InChI is InChI=1S/C14H21N3O2/c1-10-13(7-15-16(10)2)14(18)17(12-3-4-12)8-11-5-6-19-9-11/h7,11-12H,3-6,8-9H2,1-2H3/t11-/m1/s1. The zero-order chi connectivity index (χ0) is 13.4. The molecule has 5 heteroatoms. The zero-order valence-corrected chi connectivity index (χ0v) is 11.6. The van der Waals surface area contributed by atoms with Gasteiger partial charge in [0.15, 0.2) is 0 Å². The summed E-state index contributed by atoms with van der Waals surface area (Å²) in [6, 6.07) is 0.438. The molecule has 2 heterocycles. The third-order valence-electron chi connectivity index (χ3n) is 4.19. The van der Waals surface area contributed by atoms with Crippen LogP contribution in [0.25, 0.3) is 0 Å². The summed E-state index contributed by atoms with van der Waals surface area (Å²) in [6.45, 7) is 4.41. The number of rotatable bonds is 4. The molecule has 104 valence electrons. The first-order valence-electron chi connectivity index (χ1n) is 7.04. The predicted octanol–water partition coefficient (Wildman–Crippen LogP) is 1.37. The molecular weight excluding hydrogens is 242 g/mol. The molecule has 0 spiro atoms. The van der Waals surface area contributed by atoms with Crippen LogP contribution < -0.4 is 0 Å². The van der Waals surface area contributed by atoms with Crippen LogP contribution in [0.4, 0.5) is 0 Å². The fourth-order valence-electron chi connectivity index (χ4n) is 2.65. The van der Waals surface area contributed by atoms with Crippen molar-refractivity contribution in [1.82, 2.24) is 14.7 Å². The van der Waals surface area contributed by atoms with Crippen molar-refractivity contribution in [3.05, 3.63) is 17.5 Å². The van der Waals surface area contributed by atoms with Crippen LogP contribution in [0.5, 0.6) is 0 Å². The van der Waals surface area contributed by atoms with Crippen molar-refractivity contribution in [1.29, 1.82) is 0 Å². The first-order chi connectivity index (χ1) is 9.16. The molecule has 1 atom stereocenters. The summed E-state index contributed by atoms with van der Waals surface area (Å²) in [5.74, 6) is 0.640. The highest BCUT2D eigenvalue weighted by atomic mass is 16.5. The molecule has 1 aromatic heterocycles. The predicted molar refractivity (Wildman–Crippen MR) is 70.9 cm³/mol. The minimum Gasteiger partial charge on any atom is -0.381 e. The van der Waals surface area contributed by atoms with E-state index in [0.717, 1.165) is 50.3 Å². The van der Waals surface area contributed by atoms with Crippen LogP contribution in [0.2, 0.25) is 0 Å². The average molecular weight is 263 g/mol. The number of aryl methyl sites for hydroxylation is 1. The number of hydrogen-bond acceptors (Lipinski definition) is 3. The van der Waals surface area contributed by atoms with Crippen molar-refractivity contribution in [2.24, 2.45) is 13.0 Å². The zero-order valence-electron chi connectivity index (χ0n) is 11.6. The molecule has 0 unspecified atom stereocenters. The van der Waals surface area contributed by atoms with E-state index in [1.165, 1.54) is 0 Å². The summed E-state index contributed by atoms with van der Waals surface area (Å²) in [5, 5.41) is 4.18. The van der Waals surface area contributed by atoms with E-state index in [1.807, 2.05) is 18.9 Å². The Morgan fingerprint density at radius 1 is 1.53 bits per heavy atom. The van der Waals surface area contributed by atoms with E-state index >= 15 is 0 Å². The topological polar surface area (TPSA) is 47.4 Å². The number of amides is 1. The molecule has 1 saturated heterocycles. The highest BCUT2D eigenvalue weighted by molar-refractivity contribution is 5.95. The van der Waals surface area contributed by atoms with Gasteiger partial charge < -0.3 is 9.64 Å². The second kappa shape index (κ2) is 4.96. The fourth-order valence-corrected chi connectivity index (χ4v) is 2.65. The van der Waals surface area contributed by atoms with Gasteiger partial charge in [0.1, 0.15) is 0 Å². The number of carbonyl (C=O) groups excluding carboxylic acids is 1. The van der Waals surface area contributed by atoms with E-state index in [-0.39, 0.29) is 5.91 Å². The third kappa shape index (κ3) is 2.52. The number of nitrogens with zero attached hydrogens (tertiary/aromatic N) is 3. The number of hydrogen-bond donors (Lipinski definition) is 0. The lowest BCUT2D eigenvalue weighted by Gasteiger charge is -2.25.